The van der Waals surface area contributed by atoms with Gasteiger partial charge in [-0.05, 0) is 18.8 Å². The van der Waals surface area contributed by atoms with Crippen LogP contribution in [0, 0.1) is 11.8 Å². The van der Waals surface area contributed by atoms with Gasteiger partial charge in [-0.2, -0.15) is 0 Å². The summed E-state index contributed by atoms with van der Waals surface area (Å²) in [7, 11) is 0. The molecule has 8 heteroatoms. The Labute approximate surface area is 181 Å². The number of carbonyl (C=O) groups is 3. The summed E-state index contributed by atoms with van der Waals surface area (Å²) >= 11 is 0. The van der Waals surface area contributed by atoms with E-state index in [0.29, 0.717) is 71.5 Å². The van der Waals surface area contributed by atoms with Crippen LogP contribution in [0.15, 0.2) is 0 Å². The van der Waals surface area contributed by atoms with Crippen LogP contribution in [0.4, 0.5) is 0 Å². The maximum absolute atomic E-state index is 11.6. The van der Waals surface area contributed by atoms with Crippen molar-refractivity contribution in [3.63, 3.8) is 0 Å². The lowest BCUT2D eigenvalue weighted by molar-refractivity contribution is -0.126. The van der Waals surface area contributed by atoms with Gasteiger partial charge in [0.1, 0.15) is 5.78 Å². The second-order valence-electron chi connectivity index (χ2n) is 7.96. The lowest BCUT2D eigenvalue weighted by atomic mass is 10.0. The van der Waals surface area contributed by atoms with Crippen molar-refractivity contribution in [3.05, 3.63) is 0 Å². The normalized spacial score (nSPS) is 11.1. The minimum Gasteiger partial charge on any atom is -0.379 e. The molecule has 0 atom stereocenters. The smallest absolute Gasteiger partial charge is 0.220 e. The van der Waals surface area contributed by atoms with Crippen molar-refractivity contribution in [1.29, 1.82) is 0 Å². The van der Waals surface area contributed by atoms with Gasteiger partial charge in [0.2, 0.25) is 11.8 Å². The Hall–Kier alpha value is -1.51. The number of ether oxygens (including phenoxy) is 3. The number of nitrogens with one attached hydrogen (secondary N) is 2. The second-order valence-corrected chi connectivity index (χ2v) is 7.96. The summed E-state index contributed by atoms with van der Waals surface area (Å²) in [6.07, 6.45) is 2.63. The van der Waals surface area contributed by atoms with Crippen LogP contribution in [-0.2, 0) is 28.6 Å². The van der Waals surface area contributed by atoms with Crippen LogP contribution in [-0.4, -0.2) is 70.3 Å². The molecule has 0 spiro atoms. The molecule has 0 aliphatic rings. The summed E-state index contributed by atoms with van der Waals surface area (Å²) < 4.78 is 16.3. The first-order chi connectivity index (χ1) is 14.3. The van der Waals surface area contributed by atoms with Crippen molar-refractivity contribution in [1.82, 2.24) is 10.6 Å². The molecule has 0 bridgehead atoms. The largest absolute Gasteiger partial charge is 0.379 e. The van der Waals surface area contributed by atoms with Gasteiger partial charge in [0.05, 0.1) is 26.4 Å². The van der Waals surface area contributed by atoms with Crippen molar-refractivity contribution in [2.75, 3.05) is 52.7 Å². The standard InChI is InChI=1S/C22H42N2O6/c1-18(2)17-22(27)24-10-6-12-29-14-16-30-15-13-28-11-5-9-23-21(26)8-7-20(25)19(3)4/h18-19H,5-17H2,1-4H3,(H,23,26)(H,24,27). The lowest BCUT2D eigenvalue weighted by Gasteiger charge is -2.09. The molecule has 0 heterocycles. The van der Waals surface area contributed by atoms with Crippen LogP contribution in [0.2, 0.25) is 0 Å². The van der Waals surface area contributed by atoms with E-state index in [9.17, 15) is 14.4 Å². The predicted octanol–water partition coefficient (Wildman–Crippen LogP) is 2.10. The first kappa shape index (κ1) is 28.5. The Morgan fingerprint density at radius 3 is 1.60 bits per heavy atom. The van der Waals surface area contributed by atoms with Gasteiger partial charge < -0.3 is 24.8 Å². The molecule has 0 aromatic heterocycles. The fourth-order valence-electron chi connectivity index (χ4n) is 2.40. The lowest BCUT2D eigenvalue weighted by Crippen LogP contribution is -2.26. The minimum atomic E-state index is -0.0923. The maximum atomic E-state index is 11.6. The quantitative estimate of drug-likeness (QED) is 0.287. The Kier molecular flexibility index (Phi) is 18.5. The molecule has 0 rings (SSSR count). The fraction of sp³-hybridized carbons (Fsp3) is 0.864. The third-order valence-electron chi connectivity index (χ3n) is 4.16. The molecule has 0 saturated carbocycles. The van der Waals surface area contributed by atoms with E-state index in [0.717, 1.165) is 12.8 Å². The van der Waals surface area contributed by atoms with E-state index in [1.807, 2.05) is 27.7 Å². The second kappa shape index (κ2) is 19.5. The molecular weight excluding hydrogens is 388 g/mol. The summed E-state index contributed by atoms with van der Waals surface area (Å²) in [5.41, 5.74) is 0. The highest BCUT2D eigenvalue weighted by Gasteiger charge is 2.09. The van der Waals surface area contributed by atoms with E-state index in [1.54, 1.807) is 0 Å². The number of amides is 2. The summed E-state index contributed by atoms with van der Waals surface area (Å²) in [5, 5.41) is 5.66. The first-order valence-corrected chi connectivity index (χ1v) is 11.1. The average Bonchev–Trinajstić information content (AvgIpc) is 2.68. The highest BCUT2D eigenvalue weighted by Crippen LogP contribution is 2.01. The molecule has 0 aromatic rings. The van der Waals surface area contributed by atoms with E-state index in [1.165, 1.54) is 0 Å². The summed E-state index contributed by atoms with van der Waals surface area (Å²) in [4.78, 5) is 34.5. The van der Waals surface area contributed by atoms with Crippen molar-refractivity contribution < 1.29 is 28.6 Å². The SMILES string of the molecule is CC(C)CC(=O)NCCCOCCOCCOCCCNC(=O)CCC(=O)C(C)C. The van der Waals surface area contributed by atoms with Crippen LogP contribution in [0.1, 0.15) is 59.8 Å². The van der Waals surface area contributed by atoms with Crippen molar-refractivity contribution in [2.24, 2.45) is 11.8 Å². The van der Waals surface area contributed by atoms with Gasteiger partial charge in [0, 0.05) is 51.5 Å². The van der Waals surface area contributed by atoms with Crippen LogP contribution in [0.3, 0.4) is 0 Å². The Bertz CT molecular complexity index is 469. The van der Waals surface area contributed by atoms with Gasteiger partial charge >= 0.3 is 0 Å². The number of hydrogen-bond acceptors (Lipinski definition) is 6. The van der Waals surface area contributed by atoms with Crippen LogP contribution >= 0.6 is 0 Å². The highest BCUT2D eigenvalue weighted by atomic mass is 16.5. The Morgan fingerprint density at radius 2 is 1.13 bits per heavy atom. The third kappa shape index (κ3) is 19.8. The van der Waals surface area contributed by atoms with Crippen molar-refractivity contribution in [3.8, 4) is 0 Å². The molecule has 0 radical (unpaired) electrons. The van der Waals surface area contributed by atoms with Crippen molar-refractivity contribution >= 4 is 17.6 Å². The topological polar surface area (TPSA) is 103 Å². The molecule has 0 fully saturated rings. The predicted molar refractivity (Wildman–Crippen MR) is 116 cm³/mol. The summed E-state index contributed by atoms with van der Waals surface area (Å²) in [5.74, 6) is 0.470. The zero-order chi connectivity index (χ0) is 22.6. The van der Waals surface area contributed by atoms with Gasteiger partial charge in [0.15, 0.2) is 0 Å². The zero-order valence-electron chi connectivity index (χ0n) is 19.3. The number of Topliss-reactive ketones (excluding diaryl/α,β-unsaturated/α-hetero) is 1. The summed E-state index contributed by atoms with van der Waals surface area (Å²) in [6.45, 7) is 12.1. The molecule has 0 aromatic carbocycles. The van der Waals surface area contributed by atoms with Gasteiger partial charge in [-0.3, -0.25) is 14.4 Å². The Morgan fingerprint density at radius 1 is 0.667 bits per heavy atom. The van der Waals surface area contributed by atoms with E-state index in [2.05, 4.69) is 10.6 Å². The molecule has 0 aliphatic carbocycles. The zero-order valence-corrected chi connectivity index (χ0v) is 19.3. The van der Waals surface area contributed by atoms with E-state index >= 15 is 0 Å². The molecule has 2 N–H and O–H groups in total. The highest BCUT2D eigenvalue weighted by molar-refractivity contribution is 5.85. The first-order valence-electron chi connectivity index (χ1n) is 11.1. The fourth-order valence-corrected chi connectivity index (χ4v) is 2.40. The van der Waals surface area contributed by atoms with Crippen LogP contribution < -0.4 is 10.6 Å². The van der Waals surface area contributed by atoms with E-state index in [4.69, 9.17) is 14.2 Å². The monoisotopic (exact) mass is 430 g/mol. The van der Waals surface area contributed by atoms with Gasteiger partial charge in [-0.1, -0.05) is 27.7 Å². The molecule has 0 unspecified atom stereocenters. The number of carbonyl (C=O) groups excluding carboxylic acids is 3. The molecule has 8 nitrogen and oxygen atoms in total. The van der Waals surface area contributed by atoms with Gasteiger partial charge in [0.25, 0.3) is 0 Å². The Balaban J connectivity index is 3.25. The van der Waals surface area contributed by atoms with E-state index < -0.39 is 0 Å². The van der Waals surface area contributed by atoms with Crippen LogP contribution in [0.25, 0.3) is 0 Å². The molecule has 30 heavy (non-hydrogen) atoms. The van der Waals surface area contributed by atoms with Crippen molar-refractivity contribution in [2.45, 2.75) is 59.8 Å². The third-order valence-corrected chi connectivity index (χ3v) is 4.16. The van der Waals surface area contributed by atoms with Crippen LogP contribution in [0.5, 0.6) is 0 Å². The molecule has 0 saturated heterocycles. The summed E-state index contributed by atoms with van der Waals surface area (Å²) in [6, 6.07) is 0. The molecular formula is C22H42N2O6. The minimum absolute atomic E-state index is 0.0198. The van der Waals surface area contributed by atoms with Gasteiger partial charge in [-0.25, -0.2) is 0 Å². The average molecular weight is 431 g/mol. The molecule has 0 aliphatic heterocycles. The maximum Gasteiger partial charge on any atom is 0.220 e. The van der Waals surface area contributed by atoms with E-state index in [-0.39, 0.29) is 29.9 Å². The number of hydrogen-bond donors (Lipinski definition) is 2. The molecule has 176 valence electrons. The number of rotatable bonds is 20. The number of ketones is 1. The van der Waals surface area contributed by atoms with Gasteiger partial charge in [-0.15, -0.1) is 0 Å². The molecule has 2 amide bonds.